The number of halogens is 2. The number of aliphatic hydroxyl groups is 1. The summed E-state index contributed by atoms with van der Waals surface area (Å²) in [5.74, 6) is -0.0847. The highest BCUT2D eigenvalue weighted by Crippen LogP contribution is 2.26. The van der Waals surface area contributed by atoms with E-state index in [-0.39, 0.29) is 12.5 Å². The third kappa shape index (κ3) is 2.22. The minimum atomic E-state index is -0.0847. The molecule has 0 spiro atoms. The van der Waals surface area contributed by atoms with E-state index in [1.807, 2.05) is 12.1 Å². The van der Waals surface area contributed by atoms with Gasteiger partial charge in [0.25, 0.3) is 0 Å². The lowest BCUT2D eigenvalue weighted by atomic mass is 10.0. The fourth-order valence-electron chi connectivity index (χ4n) is 0.872. The Morgan fingerprint density at radius 3 is 2.75 bits per heavy atom. The monoisotopic (exact) mass is 247 g/mol. The van der Waals surface area contributed by atoms with Gasteiger partial charge in [-0.1, -0.05) is 17.7 Å². The molecule has 1 rings (SSSR count). The summed E-state index contributed by atoms with van der Waals surface area (Å²) in [6.45, 7) is 3.83. The molecule has 0 aromatic heterocycles. The highest BCUT2D eigenvalue weighted by Gasteiger charge is 2.05. The molecule has 1 aromatic rings. The maximum absolute atomic E-state index is 8.84. The summed E-state index contributed by atoms with van der Waals surface area (Å²) in [5.41, 5.74) is 0.980. The molecule has 0 amide bonds. The van der Waals surface area contributed by atoms with Gasteiger partial charge in [0.1, 0.15) is 0 Å². The van der Waals surface area contributed by atoms with E-state index >= 15 is 0 Å². The fraction of sp³-hybridized carbons (Fsp3) is 0.222. The lowest BCUT2D eigenvalue weighted by Crippen LogP contribution is -1.98. The van der Waals surface area contributed by atoms with Gasteiger partial charge in [0.15, 0.2) is 0 Å². The van der Waals surface area contributed by atoms with Gasteiger partial charge in [-0.15, -0.1) is 0 Å². The third-order valence-corrected chi connectivity index (χ3v) is 2.85. The zero-order valence-corrected chi connectivity index (χ0v) is 8.77. The molecule has 1 N–H and O–H groups in total. The Kier molecular flexibility index (Phi) is 3.56. The van der Waals surface area contributed by atoms with Crippen LogP contribution in [0.15, 0.2) is 22.7 Å². The number of aliphatic hydroxyl groups excluding tert-OH is 1. The second-order valence-corrected chi connectivity index (χ2v) is 3.81. The standard InChI is InChI=1S/C9H9BrClO/c1-6(5-12)7-2-3-9(11)8(10)4-7/h2-4,6,12H,1,5H2. The summed E-state index contributed by atoms with van der Waals surface area (Å²) in [6.07, 6.45) is 0. The van der Waals surface area contributed by atoms with Gasteiger partial charge in [0.05, 0.1) is 5.02 Å². The maximum Gasteiger partial charge on any atom is 0.0548 e. The van der Waals surface area contributed by atoms with E-state index in [2.05, 4.69) is 22.9 Å². The van der Waals surface area contributed by atoms with Crippen LogP contribution in [0.2, 0.25) is 5.02 Å². The molecule has 0 saturated carbocycles. The molecule has 0 aliphatic carbocycles. The van der Waals surface area contributed by atoms with Gasteiger partial charge >= 0.3 is 0 Å². The van der Waals surface area contributed by atoms with E-state index < -0.39 is 0 Å². The van der Waals surface area contributed by atoms with Gasteiger partial charge in [0, 0.05) is 17.0 Å². The lowest BCUT2D eigenvalue weighted by Gasteiger charge is -2.08. The van der Waals surface area contributed by atoms with Crippen LogP contribution in [0.4, 0.5) is 0 Å². The van der Waals surface area contributed by atoms with Gasteiger partial charge in [-0.05, 0) is 40.5 Å². The second-order valence-electron chi connectivity index (χ2n) is 2.55. The molecule has 1 radical (unpaired) electrons. The smallest absolute Gasteiger partial charge is 0.0548 e. The van der Waals surface area contributed by atoms with E-state index in [9.17, 15) is 0 Å². The van der Waals surface area contributed by atoms with Crippen LogP contribution in [0.25, 0.3) is 0 Å². The number of hydrogen-bond donors (Lipinski definition) is 1. The van der Waals surface area contributed by atoms with Crippen LogP contribution >= 0.6 is 27.5 Å². The molecular weight excluding hydrogens is 239 g/mol. The number of benzene rings is 1. The Morgan fingerprint density at radius 1 is 1.58 bits per heavy atom. The minimum Gasteiger partial charge on any atom is -0.396 e. The molecule has 1 aromatic carbocycles. The van der Waals surface area contributed by atoms with Crippen molar-refractivity contribution in [1.29, 1.82) is 0 Å². The van der Waals surface area contributed by atoms with Crippen molar-refractivity contribution in [2.75, 3.05) is 6.61 Å². The van der Waals surface area contributed by atoms with Crippen molar-refractivity contribution >= 4 is 27.5 Å². The molecule has 0 saturated heterocycles. The summed E-state index contributed by atoms with van der Waals surface area (Å²) in [5, 5.41) is 9.51. The van der Waals surface area contributed by atoms with Crippen LogP contribution in [0.5, 0.6) is 0 Å². The van der Waals surface area contributed by atoms with Gasteiger partial charge < -0.3 is 5.11 Å². The maximum atomic E-state index is 8.84. The van der Waals surface area contributed by atoms with Gasteiger partial charge in [0.2, 0.25) is 0 Å². The molecule has 65 valence electrons. The zero-order chi connectivity index (χ0) is 9.14. The van der Waals surface area contributed by atoms with Gasteiger partial charge in [-0.2, -0.15) is 0 Å². The van der Waals surface area contributed by atoms with Gasteiger partial charge in [-0.25, -0.2) is 0 Å². The summed E-state index contributed by atoms with van der Waals surface area (Å²) < 4.78 is 0.837. The predicted octanol–water partition coefficient (Wildman–Crippen LogP) is 3.01. The molecule has 1 nitrogen and oxygen atoms in total. The molecule has 0 heterocycles. The summed E-state index contributed by atoms with van der Waals surface area (Å²) in [4.78, 5) is 0. The molecule has 3 heteroatoms. The Morgan fingerprint density at radius 2 is 2.25 bits per heavy atom. The first kappa shape index (κ1) is 10.0. The molecular formula is C9H9BrClO. The largest absolute Gasteiger partial charge is 0.396 e. The summed E-state index contributed by atoms with van der Waals surface area (Å²) in [6, 6.07) is 5.52. The van der Waals surface area contributed by atoms with Crippen molar-refractivity contribution in [2.45, 2.75) is 5.92 Å². The first-order valence-corrected chi connectivity index (χ1v) is 4.71. The summed E-state index contributed by atoms with van der Waals surface area (Å²) in [7, 11) is 0. The predicted molar refractivity (Wildman–Crippen MR) is 54.3 cm³/mol. The quantitative estimate of drug-likeness (QED) is 0.853. The molecule has 0 aliphatic heterocycles. The third-order valence-electron chi connectivity index (χ3n) is 1.64. The average molecular weight is 249 g/mol. The Labute approximate surface area is 85.5 Å². The molecule has 12 heavy (non-hydrogen) atoms. The van der Waals surface area contributed by atoms with Crippen molar-refractivity contribution < 1.29 is 5.11 Å². The summed E-state index contributed by atoms with van der Waals surface area (Å²) >= 11 is 9.10. The second kappa shape index (κ2) is 4.26. The van der Waals surface area contributed by atoms with Crippen molar-refractivity contribution in [2.24, 2.45) is 0 Å². The Bertz CT molecular complexity index is 275. The van der Waals surface area contributed by atoms with E-state index in [0.29, 0.717) is 5.02 Å². The zero-order valence-electron chi connectivity index (χ0n) is 6.43. The highest BCUT2D eigenvalue weighted by atomic mass is 79.9. The normalized spacial score (nSPS) is 13.0. The van der Waals surface area contributed by atoms with E-state index in [4.69, 9.17) is 16.7 Å². The number of rotatable bonds is 2. The fourth-order valence-corrected chi connectivity index (χ4v) is 1.39. The van der Waals surface area contributed by atoms with Crippen molar-refractivity contribution in [3.05, 3.63) is 40.2 Å². The molecule has 1 unspecified atom stereocenters. The van der Waals surface area contributed by atoms with Crippen LogP contribution in [0, 0.1) is 6.92 Å². The van der Waals surface area contributed by atoms with Crippen molar-refractivity contribution in [1.82, 2.24) is 0 Å². The van der Waals surface area contributed by atoms with Crippen LogP contribution in [0.1, 0.15) is 11.5 Å². The Balaban J connectivity index is 2.96. The van der Waals surface area contributed by atoms with Crippen molar-refractivity contribution in [3.8, 4) is 0 Å². The SMILES string of the molecule is [CH2]C(CO)c1ccc(Cl)c(Br)c1. The van der Waals surface area contributed by atoms with Gasteiger partial charge in [-0.3, -0.25) is 0 Å². The first-order chi connectivity index (χ1) is 5.65. The molecule has 0 aliphatic rings. The van der Waals surface area contributed by atoms with E-state index in [0.717, 1.165) is 10.0 Å². The van der Waals surface area contributed by atoms with Crippen LogP contribution < -0.4 is 0 Å². The highest BCUT2D eigenvalue weighted by molar-refractivity contribution is 9.10. The lowest BCUT2D eigenvalue weighted by molar-refractivity contribution is 0.282. The van der Waals surface area contributed by atoms with Crippen LogP contribution in [-0.2, 0) is 0 Å². The van der Waals surface area contributed by atoms with E-state index in [1.54, 1.807) is 6.07 Å². The Hall–Kier alpha value is -0.0500. The van der Waals surface area contributed by atoms with Crippen LogP contribution in [0.3, 0.4) is 0 Å². The first-order valence-electron chi connectivity index (χ1n) is 3.54. The number of hydrogen-bond acceptors (Lipinski definition) is 1. The molecule has 0 fully saturated rings. The molecule has 1 atom stereocenters. The van der Waals surface area contributed by atoms with Crippen molar-refractivity contribution in [3.63, 3.8) is 0 Å². The van der Waals surface area contributed by atoms with E-state index in [1.165, 1.54) is 0 Å². The topological polar surface area (TPSA) is 20.2 Å². The minimum absolute atomic E-state index is 0.0497. The average Bonchev–Trinajstić information content (AvgIpc) is 2.08. The molecule has 0 bridgehead atoms. The van der Waals surface area contributed by atoms with Crippen LogP contribution in [-0.4, -0.2) is 11.7 Å².